The Bertz CT molecular complexity index is 965. The summed E-state index contributed by atoms with van der Waals surface area (Å²) in [4.78, 5) is 2.21. The maximum Gasteiger partial charge on any atom is 0.217 e. The van der Waals surface area contributed by atoms with Crippen LogP contribution in [0.4, 0.5) is 5.82 Å². The number of nitrogens with zero attached hydrogens (tertiary/aromatic N) is 6. The molecule has 1 saturated heterocycles. The summed E-state index contributed by atoms with van der Waals surface area (Å²) in [5.74, 6) is 2.31. The maximum absolute atomic E-state index is 13.1. The number of sulfonamides is 1. The molecule has 2 saturated carbocycles. The minimum Gasteiger partial charge on any atom is -0.354 e. The zero-order valence-corrected chi connectivity index (χ0v) is 17.7. The predicted molar refractivity (Wildman–Crippen MR) is 112 cm³/mol. The highest BCUT2D eigenvalue weighted by Gasteiger charge is 2.34. The fraction of sp³-hybridized carbons (Fsp3) is 0.750. The first-order chi connectivity index (χ1) is 14.1. The van der Waals surface area contributed by atoms with Gasteiger partial charge in [0.05, 0.1) is 5.25 Å². The molecule has 3 fully saturated rings. The molecular formula is C20H30N6O2S. The van der Waals surface area contributed by atoms with Gasteiger partial charge in [-0.3, -0.25) is 0 Å². The average Bonchev–Trinajstić information content (AvgIpc) is 2.94. The fourth-order valence-corrected chi connectivity index (χ4v) is 6.91. The Hall–Kier alpha value is -1.74. The van der Waals surface area contributed by atoms with Gasteiger partial charge in [-0.05, 0) is 44.2 Å². The van der Waals surface area contributed by atoms with Gasteiger partial charge < -0.3 is 4.90 Å². The van der Waals surface area contributed by atoms with Crippen LogP contribution in [0, 0.1) is 0 Å². The molecule has 0 spiro atoms. The van der Waals surface area contributed by atoms with Crippen LogP contribution in [0.25, 0.3) is 5.65 Å². The Morgan fingerprint density at radius 2 is 1.66 bits per heavy atom. The molecule has 3 heterocycles. The van der Waals surface area contributed by atoms with E-state index in [2.05, 4.69) is 15.1 Å². The number of rotatable bonds is 4. The molecule has 1 aliphatic heterocycles. The topological polar surface area (TPSA) is 83.7 Å². The molecule has 29 heavy (non-hydrogen) atoms. The number of fused-ring (bicyclic) bond motifs is 1. The van der Waals surface area contributed by atoms with Gasteiger partial charge in [-0.15, -0.1) is 15.3 Å². The van der Waals surface area contributed by atoms with E-state index in [1.807, 2.05) is 16.6 Å². The molecule has 0 unspecified atom stereocenters. The summed E-state index contributed by atoms with van der Waals surface area (Å²) in [6.07, 6.45) is 9.26. The molecule has 0 aromatic carbocycles. The van der Waals surface area contributed by atoms with Crippen LogP contribution in [0.15, 0.2) is 12.1 Å². The third kappa shape index (κ3) is 3.63. The van der Waals surface area contributed by atoms with Crippen LogP contribution in [0.5, 0.6) is 0 Å². The lowest BCUT2D eigenvalue weighted by Crippen LogP contribution is -2.41. The molecule has 158 valence electrons. The van der Waals surface area contributed by atoms with Gasteiger partial charge in [-0.1, -0.05) is 25.7 Å². The highest BCUT2D eigenvalue weighted by molar-refractivity contribution is 7.89. The second-order valence-corrected chi connectivity index (χ2v) is 10.9. The third-order valence-electron chi connectivity index (χ3n) is 6.86. The van der Waals surface area contributed by atoms with E-state index >= 15 is 0 Å². The molecule has 0 N–H and O–H groups in total. The lowest BCUT2D eigenvalue weighted by molar-refractivity contribution is 0.394. The van der Waals surface area contributed by atoms with Gasteiger partial charge in [0, 0.05) is 32.1 Å². The van der Waals surface area contributed by atoms with Gasteiger partial charge >= 0.3 is 0 Å². The Balaban J connectivity index is 1.33. The van der Waals surface area contributed by atoms with Crippen LogP contribution >= 0.6 is 0 Å². The highest BCUT2D eigenvalue weighted by atomic mass is 32.2. The van der Waals surface area contributed by atoms with Crippen LogP contribution in [0.1, 0.15) is 69.5 Å². The quantitative estimate of drug-likeness (QED) is 0.759. The third-order valence-corrected chi connectivity index (χ3v) is 9.25. The molecule has 3 aliphatic rings. The van der Waals surface area contributed by atoms with E-state index in [-0.39, 0.29) is 5.25 Å². The molecule has 8 nitrogen and oxygen atoms in total. The molecule has 0 amide bonds. The van der Waals surface area contributed by atoms with Gasteiger partial charge in [0.1, 0.15) is 5.82 Å². The van der Waals surface area contributed by atoms with E-state index in [9.17, 15) is 8.42 Å². The van der Waals surface area contributed by atoms with E-state index in [1.165, 1.54) is 12.8 Å². The van der Waals surface area contributed by atoms with Crippen molar-refractivity contribution in [2.24, 2.45) is 0 Å². The average molecular weight is 419 g/mol. The molecule has 2 aromatic rings. The first-order valence-electron chi connectivity index (χ1n) is 11.1. The normalized spacial score (nSPS) is 23.2. The Morgan fingerprint density at radius 3 is 2.41 bits per heavy atom. The van der Waals surface area contributed by atoms with Crippen molar-refractivity contribution in [2.45, 2.75) is 69.0 Å². The van der Waals surface area contributed by atoms with Crippen LogP contribution < -0.4 is 4.90 Å². The molecule has 5 rings (SSSR count). The first kappa shape index (κ1) is 19.2. The summed E-state index contributed by atoms with van der Waals surface area (Å²) in [6.45, 7) is 2.63. The molecule has 0 radical (unpaired) electrons. The minimum atomic E-state index is -3.19. The van der Waals surface area contributed by atoms with Crippen molar-refractivity contribution in [3.63, 3.8) is 0 Å². The van der Waals surface area contributed by atoms with Crippen molar-refractivity contribution in [1.82, 2.24) is 24.1 Å². The van der Waals surface area contributed by atoms with Crippen molar-refractivity contribution < 1.29 is 8.42 Å². The molecular weight excluding hydrogens is 388 g/mol. The Kier molecular flexibility index (Phi) is 5.19. The largest absolute Gasteiger partial charge is 0.354 e. The van der Waals surface area contributed by atoms with Crippen LogP contribution in [-0.4, -0.2) is 64.0 Å². The molecule has 2 aliphatic carbocycles. The number of aromatic nitrogens is 4. The van der Waals surface area contributed by atoms with Gasteiger partial charge in [0.2, 0.25) is 10.0 Å². The summed E-state index contributed by atoms with van der Waals surface area (Å²) in [5, 5.41) is 13.3. The van der Waals surface area contributed by atoms with Crippen LogP contribution in [-0.2, 0) is 10.0 Å². The second kappa shape index (κ2) is 7.83. The first-order valence-corrected chi connectivity index (χ1v) is 12.6. The van der Waals surface area contributed by atoms with Crippen LogP contribution in [0.2, 0.25) is 0 Å². The van der Waals surface area contributed by atoms with Crippen molar-refractivity contribution in [3.05, 3.63) is 18.0 Å². The van der Waals surface area contributed by atoms with Gasteiger partial charge in [-0.25, -0.2) is 8.42 Å². The SMILES string of the molecule is O=S(=O)(C1CCCCC1)N1CCCN(c2ccc3nnc(C4CCC4)n3n2)CC1. The van der Waals surface area contributed by atoms with Gasteiger partial charge in [0.15, 0.2) is 11.5 Å². The summed E-state index contributed by atoms with van der Waals surface area (Å²) in [6, 6.07) is 3.96. The minimum absolute atomic E-state index is 0.181. The van der Waals surface area contributed by atoms with E-state index in [1.54, 1.807) is 4.31 Å². The second-order valence-electron chi connectivity index (χ2n) is 8.69. The van der Waals surface area contributed by atoms with Crippen molar-refractivity contribution >= 4 is 21.5 Å². The summed E-state index contributed by atoms with van der Waals surface area (Å²) < 4.78 is 29.8. The smallest absolute Gasteiger partial charge is 0.217 e. The van der Waals surface area contributed by atoms with Crippen molar-refractivity contribution in [1.29, 1.82) is 0 Å². The predicted octanol–water partition coefficient (Wildman–Crippen LogP) is 2.57. The van der Waals surface area contributed by atoms with Crippen molar-refractivity contribution in [2.75, 3.05) is 31.1 Å². The summed E-state index contributed by atoms with van der Waals surface area (Å²) >= 11 is 0. The lowest BCUT2D eigenvalue weighted by Gasteiger charge is -2.29. The molecule has 9 heteroatoms. The van der Waals surface area contributed by atoms with E-state index in [0.717, 1.165) is 68.8 Å². The highest BCUT2D eigenvalue weighted by Crippen LogP contribution is 2.35. The maximum atomic E-state index is 13.1. The van der Waals surface area contributed by atoms with E-state index in [4.69, 9.17) is 5.10 Å². The van der Waals surface area contributed by atoms with Gasteiger partial charge in [0.25, 0.3) is 0 Å². The van der Waals surface area contributed by atoms with E-state index < -0.39 is 10.0 Å². The Labute approximate surface area is 172 Å². The summed E-state index contributed by atoms with van der Waals surface area (Å²) in [5.41, 5.74) is 0.784. The number of anilines is 1. The zero-order chi connectivity index (χ0) is 19.8. The fourth-order valence-electron chi connectivity index (χ4n) is 4.84. The number of hydrogen-bond acceptors (Lipinski definition) is 6. The van der Waals surface area contributed by atoms with E-state index in [0.29, 0.717) is 25.6 Å². The molecule has 0 bridgehead atoms. The monoisotopic (exact) mass is 418 g/mol. The summed E-state index contributed by atoms with van der Waals surface area (Å²) in [7, 11) is -3.19. The Morgan fingerprint density at radius 1 is 0.828 bits per heavy atom. The standard InChI is InChI=1S/C20H30N6O2S/c27-29(28,17-8-2-1-3-9-17)25-13-5-12-24(14-15-25)19-11-10-18-21-22-20(26(18)23-19)16-6-4-7-16/h10-11,16-17H,1-9,12-15H2. The molecule has 2 aromatic heterocycles. The zero-order valence-electron chi connectivity index (χ0n) is 16.9. The molecule has 0 atom stereocenters. The van der Waals surface area contributed by atoms with Crippen molar-refractivity contribution in [3.8, 4) is 0 Å². The number of hydrogen-bond donors (Lipinski definition) is 0. The lowest BCUT2D eigenvalue weighted by atomic mass is 9.85. The van der Waals surface area contributed by atoms with Crippen LogP contribution in [0.3, 0.4) is 0 Å². The van der Waals surface area contributed by atoms with Gasteiger partial charge in [-0.2, -0.15) is 8.82 Å².